The molecule has 1 aliphatic carbocycles. The van der Waals surface area contributed by atoms with Crippen LogP contribution in [0.2, 0.25) is 0 Å². The summed E-state index contributed by atoms with van der Waals surface area (Å²) in [5.41, 5.74) is 0. The first-order chi connectivity index (χ1) is 9.43. The van der Waals surface area contributed by atoms with Gasteiger partial charge < -0.3 is 4.74 Å². The summed E-state index contributed by atoms with van der Waals surface area (Å²) < 4.78 is 5.08. The monoisotopic (exact) mass is 282 g/mol. The molecule has 0 aliphatic heterocycles. The summed E-state index contributed by atoms with van der Waals surface area (Å²) in [6.45, 7) is 7.66. The molecule has 1 rings (SSSR count). The number of ketones is 2. The zero-order valence-electron chi connectivity index (χ0n) is 13.0. The van der Waals surface area contributed by atoms with Crippen molar-refractivity contribution in [2.45, 2.75) is 53.4 Å². The molecule has 2 unspecified atom stereocenters. The van der Waals surface area contributed by atoms with Crippen molar-refractivity contribution < 1.29 is 19.1 Å². The van der Waals surface area contributed by atoms with E-state index in [-0.39, 0.29) is 30.0 Å². The van der Waals surface area contributed by atoms with Gasteiger partial charge in [-0.3, -0.25) is 14.4 Å². The number of rotatable bonds is 9. The molecule has 0 saturated heterocycles. The Morgan fingerprint density at radius 3 is 2.15 bits per heavy atom. The van der Waals surface area contributed by atoms with Crippen LogP contribution in [0.3, 0.4) is 0 Å². The standard InChI is InChI=1S/C16H26O4/c1-5-7-12(17)14(15(18)11-8-9-11)13(10(3)4)16(19)20-6-2/h10-11,13-14H,5-9H2,1-4H3. The number of carbonyl (C=O) groups excluding carboxylic acids is 3. The molecule has 0 aromatic heterocycles. The molecule has 1 saturated carbocycles. The van der Waals surface area contributed by atoms with E-state index < -0.39 is 17.8 Å². The van der Waals surface area contributed by atoms with Gasteiger partial charge in [0.15, 0.2) is 0 Å². The summed E-state index contributed by atoms with van der Waals surface area (Å²) in [5, 5.41) is 0. The summed E-state index contributed by atoms with van der Waals surface area (Å²) in [5.74, 6) is -2.10. The lowest BCUT2D eigenvalue weighted by molar-refractivity contribution is -0.157. The molecule has 1 fully saturated rings. The van der Waals surface area contributed by atoms with Gasteiger partial charge in [0.1, 0.15) is 11.6 Å². The largest absolute Gasteiger partial charge is 0.466 e. The highest BCUT2D eigenvalue weighted by atomic mass is 16.5. The smallest absolute Gasteiger partial charge is 0.310 e. The molecule has 0 spiro atoms. The molecule has 0 bridgehead atoms. The Kier molecular flexibility index (Phi) is 6.37. The highest BCUT2D eigenvalue weighted by Crippen LogP contribution is 2.37. The first kappa shape index (κ1) is 16.9. The predicted octanol–water partition coefficient (Wildman–Crippen LogP) is 2.79. The van der Waals surface area contributed by atoms with Crippen molar-refractivity contribution >= 4 is 17.5 Å². The van der Waals surface area contributed by atoms with Crippen molar-refractivity contribution in [2.24, 2.45) is 23.7 Å². The van der Waals surface area contributed by atoms with Gasteiger partial charge in [0.25, 0.3) is 0 Å². The van der Waals surface area contributed by atoms with Crippen LogP contribution < -0.4 is 0 Å². The average molecular weight is 282 g/mol. The van der Waals surface area contributed by atoms with E-state index in [0.717, 1.165) is 12.8 Å². The Balaban J connectivity index is 2.99. The zero-order chi connectivity index (χ0) is 15.3. The molecule has 0 heterocycles. The Labute approximate surface area is 121 Å². The van der Waals surface area contributed by atoms with Gasteiger partial charge >= 0.3 is 5.97 Å². The van der Waals surface area contributed by atoms with Crippen molar-refractivity contribution in [3.8, 4) is 0 Å². The normalized spacial score (nSPS) is 17.6. The molecule has 0 N–H and O–H groups in total. The van der Waals surface area contributed by atoms with Crippen LogP contribution in [0.1, 0.15) is 53.4 Å². The third kappa shape index (κ3) is 4.15. The second kappa shape index (κ2) is 7.55. The van der Waals surface area contributed by atoms with Crippen LogP contribution in [0.5, 0.6) is 0 Å². The van der Waals surface area contributed by atoms with Crippen LogP contribution in [0.15, 0.2) is 0 Å². The lowest BCUT2D eigenvalue weighted by Crippen LogP contribution is -2.40. The molecule has 0 aromatic rings. The third-order valence-electron chi connectivity index (χ3n) is 3.77. The number of ether oxygens (including phenoxy) is 1. The highest BCUT2D eigenvalue weighted by Gasteiger charge is 2.45. The van der Waals surface area contributed by atoms with Crippen molar-refractivity contribution in [3.63, 3.8) is 0 Å². The van der Waals surface area contributed by atoms with Gasteiger partial charge in [0.05, 0.1) is 18.4 Å². The lowest BCUT2D eigenvalue weighted by Gasteiger charge is -2.26. The average Bonchev–Trinajstić information content (AvgIpc) is 3.18. The van der Waals surface area contributed by atoms with Gasteiger partial charge in [-0.25, -0.2) is 0 Å². The molecular weight excluding hydrogens is 256 g/mol. The molecule has 2 atom stereocenters. The Bertz CT molecular complexity index is 369. The number of carbonyl (C=O) groups is 3. The molecule has 20 heavy (non-hydrogen) atoms. The van der Waals surface area contributed by atoms with Crippen molar-refractivity contribution in [2.75, 3.05) is 6.61 Å². The van der Waals surface area contributed by atoms with Gasteiger partial charge in [-0.05, 0) is 32.1 Å². The van der Waals surface area contributed by atoms with Crippen LogP contribution in [-0.4, -0.2) is 24.1 Å². The summed E-state index contributed by atoms with van der Waals surface area (Å²) in [4.78, 5) is 36.9. The van der Waals surface area contributed by atoms with E-state index in [1.54, 1.807) is 6.92 Å². The minimum Gasteiger partial charge on any atom is -0.466 e. The van der Waals surface area contributed by atoms with E-state index in [9.17, 15) is 14.4 Å². The highest BCUT2D eigenvalue weighted by molar-refractivity contribution is 6.07. The summed E-state index contributed by atoms with van der Waals surface area (Å²) in [6, 6.07) is 0. The van der Waals surface area contributed by atoms with Crippen LogP contribution in [0, 0.1) is 23.7 Å². The topological polar surface area (TPSA) is 60.4 Å². The molecule has 0 amide bonds. The molecular formula is C16H26O4. The van der Waals surface area contributed by atoms with Crippen LogP contribution >= 0.6 is 0 Å². The predicted molar refractivity (Wildman–Crippen MR) is 76.1 cm³/mol. The Hall–Kier alpha value is -1.19. The fourth-order valence-electron chi connectivity index (χ4n) is 2.59. The molecule has 0 radical (unpaired) electrons. The number of hydrogen-bond donors (Lipinski definition) is 0. The molecule has 1 aliphatic rings. The number of hydrogen-bond acceptors (Lipinski definition) is 4. The second-order valence-electron chi connectivity index (χ2n) is 5.89. The SMILES string of the molecule is CCCC(=O)C(C(=O)C1CC1)C(C(=O)OCC)C(C)C. The van der Waals surface area contributed by atoms with E-state index in [2.05, 4.69) is 0 Å². The van der Waals surface area contributed by atoms with Crippen LogP contribution in [0.4, 0.5) is 0 Å². The molecule has 114 valence electrons. The first-order valence-corrected chi connectivity index (χ1v) is 7.67. The van der Waals surface area contributed by atoms with E-state index >= 15 is 0 Å². The Morgan fingerprint density at radius 2 is 1.75 bits per heavy atom. The minimum atomic E-state index is -0.804. The number of Topliss-reactive ketones (excluding diaryl/α,β-unsaturated/α-hetero) is 2. The van der Waals surface area contributed by atoms with Gasteiger partial charge in [0, 0.05) is 12.3 Å². The Morgan fingerprint density at radius 1 is 1.15 bits per heavy atom. The lowest BCUT2D eigenvalue weighted by atomic mass is 9.76. The fourth-order valence-corrected chi connectivity index (χ4v) is 2.59. The van der Waals surface area contributed by atoms with Gasteiger partial charge in [0.2, 0.25) is 0 Å². The van der Waals surface area contributed by atoms with Crippen molar-refractivity contribution in [1.29, 1.82) is 0 Å². The fraction of sp³-hybridized carbons (Fsp3) is 0.812. The summed E-state index contributed by atoms with van der Waals surface area (Å²) in [6.07, 6.45) is 2.75. The minimum absolute atomic E-state index is 0.0171. The van der Waals surface area contributed by atoms with Crippen molar-refractivity contribution in [3.05, 3.63) is 0 Å². The maximum absolute atomic E-state index is 12.4. The summed E-state index contributed by atoms with van der Waals surface area (Å²) >= 11 is 0. The van der Waals surface area contributed by atoms with E-state index in [0.29, 0.717) is 12.8 Å². The molecule has 4 heteroatoms. The maximum atomic E-state index is 12.4. The van der Waals surface area contributed by atoms with Gasteiger partial charge in [-0.1, -0.05) is 20.8 Å². The second-order valence-corrected chi connectivity index (χ2v) is 5.89. The van der Waals surface area contributed by atoms with Gasteiger partial charge in [-0.15, -0.1) is 0 Å². The maximum Gasteiger partial charge on any atom is 0.310 e. The summed E-state index contributed by atoms with van der Waals surface area (Å²) in [7, 11) is 0. The van der Waals surface area contributed by atoms with E-state index in [4.69, 9.17) is 4.74 Å². The molecule has 4 nitrogen and oxygen atoms in total. The van der Waals surface area contributed by atoms with E-state index in [1.165, 1.54) is 0 Å². The van der Waals surface area contributed by atoms with E-state index in [1.807, 2.05) is 20.8 Å². The number of esters is 1. The van der Waals surface area contributed by atoms with Crippen LogP contribution in [0.25, 0.3) is 0 Å². The molecule has 0 aromatic carbocycles. The van der Waals surface area contributed by atoms with Crippen molar-refractivity contribution in [1.82, 2.24) is 0 Å². The zero-order valence-corrected chi connectivity index (χ0v) is 13.0. The quantitative estimate of drug-likeness (QED) is 0.482. The first-order valence-electron chi connectivity index (χ1n) is 7.67. The van der Waals surface area contributed by atoms with Gasteiger partial charge in [-0.2, -0.15) is 0 Å². The third-order valence-corrected chi connectivity index (χ3v) is 3.77. The van der Waals surface area contributed by atoms with Crippen LogP contribution in [-0.2, 0) is 19.1 Å².